The average molecular weight is 349 g/mol. The first-order chi connectivity index (χ1) is 12.2. The molecule has 0 aliphatic heterocycles. The van der Waals surface area contributed by atoms with E-state index < -0.39 is 0 Å². The van der Waals surface area contributed by atoms with Crippen LogP contribution in [0.25, 0.3) is 22.2 Å². The minimum Gasteiger partial charge on any atom is -0.506 e. The van der Waals surface area contributed by atoms with Gasteiger partial charge in [0.2, 0.25) is 0 Å². The molecule has 1 heterocycles. The minimum atomic E-state index is 0.238. The van der Waals surface area contributed by atoms with Gasteiger partial charge in [-0.15, -0.1) is 0 Å². The number of halogens is 1. The Morgan fingerprint density at radius 1 is 0.920 bits per heavy atom. The summed E-state index contributed by atoms with van der Waals surface area (Å²) in [6.07, 6.45) is 0. The molecule has 0 unspecified atom stereocenters. The number of nitrogens with one attached hydrogen (secondary N) is 2. The van der Waals surface area contributed by atoms with Crippen molar-refractivity contribution in [2.75, 3.05) is 5.32 Å². The summed E-state index contributed by atoms with van der Waals surface area (Å²) in [5, 5.41) is 15.1. The maximum atomic E-state index is 9.99. The van der Waals surface area contributed by atoms with Crippen molar-refractivity contribution in [2.45, 2.75) is 6.54 Å². The number of hydrogen-bond acceptors (Lipinski definition) is 2. The zero-order valence-electron chi connectivity index (χ0n) is 13.5. The van der Waals surface area contributed by atoms with Crippen molar-refractivity contribution in [3.05, 3.63) is 83.4 Å². The van der Waals surface area contributed by atoms with Crippen LogP contribution in [0.4, 0.5) is 5.69 Å². The predicted molar refractivity (Wildman–Crippen MR) is 104 cm³/mol. The predicted octanol–water partition coefficient (Wildman–Crippen LogP) is 5.81. The standard InChI is InChI=1S/C21H17ClN2O/c22-15-10-11-18-16(12-15)17(13-23-19-8-4-5-9-20(19)25)21(24-18)14-6-2-1-3-7-14/h1-12,23-25H,13H2. The van der Waals surface area contributed by atoms with Gasteiger partial charge in [0.25, 0.3) is 0 Å². The number of phenols is 1. The van der Waals surface area contributed by atoms with E-state index >= 15 is 0 Å². The van der Waals surface area contributed by atoms with E-state index in [-0.39, 0.29) is 5.75 Å². The highest BCUT2D eigenvalue weighted by molar-refractivity contribution is 6.31. The summed E-state index contributed by atoms with van der Waals surface area (Å²) in [6.45, 7) is 0.572. The Balaban J connectivity index is 1.80. The van der Waals surface area contributed by atoms with E-state index in [9.17, 15) is 5.11 Å². The molecule has 4 rings (SSSR count). The molecule has 4 aromatic rings. The van der Waals surface area contributed by atoms with Gasteiger partial charge in [-0.05, 0) is 35.9 Å². The summed E-state index contributed by atoms with van der Waals surface area (Å²) in [5.74, 6) is 0.238. The molecule has 25 heavy (non-hydrogen) atoms. The van der Waals surface area contributed by atoms with Crippen LogP contribution < -0.4 is 5.32 Å². The third-order valence-corrected chi connectivity index (χ3v) is 4.53. The second-order valence-corrected chi connectivity index (χ2v) is 6.34. The number of anilines is 1. The van der Waals surface area contributed by atoms with Gasteiger partial charge < -0.3 is 15.4 Å². The molecule has 3 N–H and O–H groups in total. The van der Waals surface area contributed by atoms with Crippen molar-refractivity contribution in [1.82, 2.24) is 4.98 Å². The Bertz CT molecular complexity index is 1020. The highest BCUT2D eigenvalue weighted by Crippen LogP contribution is 2.33. The molecule has 0 aliphatic carbocycles. The lowest BCUT2D eigenvalue weighted by Crippen LogP contribution is -2.00. The molecule has 0 saturated heterocycles. The molecule has 0 radical (unpaired) electrons. The Morgan fingerprint density at radius 3 is 2.48 bits per heavy atom. The van der Waals surface area contributed by atoms with Gasteiger partial charge in [0.15, 0.2) is 0 Å². The quantitative estimate of drug-likeness (QED) is 0.408. The number of aromatic hydroxyl groups is 1. The van der Waals surface area contributed by atoms with E-state index in [0.29, 0.717) is 17.3 Å². The number of rotatable bonds is 4. The maximum absolute atomic E-state index is 9.99. The van der Waals surface area contributed by atoms with Crippen molar-refractivity contribution in [3.63, 3.8) is 0 Å². The molecule has 0 saturated carbocycles. The monoisotopic (exact) mass is 348 g/mol. The number of benzene rings is 3. The summed E-state index contributed by atoms with van der Waals surface area (Å²) in [6, 6.07) is 23.3. The molecule has 1 aromatic heterocycles. The van der Waals surface area contributed by atoms with Gasteiger partial charge in [-0.1, -0.05) is 54.1 Å². The first-order valence-corrected chi connectivity index (χ1v) is 8.47. The number of H-pyrrole nitrogens is 1. The SMILES string of the molecule is Oc1ccccc1NCc1c(-c2ccccc2)[nH]c2ccc(Cl)cc12. The van der Waals surface area contributed by atoms with E-state index in [1.807, 2.05) is 48.5 Å². The van der Waals surface area contributed by atoms with Crippen LogP contribution in [0.2, 0.25) is 5.02 Å². The summed E-state index contributed by atoms with van der Waals surface area (Å²) in [5.41, 5.74) is 5.03. The molecule has 0 aliphatic rings. The largest absolute Gasteiger partial charge is 0.506 e. The minimum absolute atomic E-state index is 0.238. The van der Waals surface area contributed by atoms with Gasteiger partial charge in [-0.3, -0.25) is 0 Å². The number of aromatic nitrogens is 1. The summed E-state index contributed by atoms with van der Waals surface area (Å²) in [7, 11) is 0. The fourth-order valence-electron chi connectivity index (χ4n) is 3.06. The lowest BCUT2D eigenvalue weighted by molar-refractivity contribution is 0.477. The average Bonchev–Trinajstić information content (AvgIpc) is 2.99. The van der Waals surface area contributed by atoms with Gasteiger partial charge >= 0.3 is 0 Å². The van der Waals surface area contributed by atoms with Crippen LogP contribution in [0, 0.1) is 0 Å². The third-order valence-electron chi connectivity index (χ3n) is 4.29. The first-order valence-electron chi connectivity index (χ1n) is 8.10. The van der Waals surface area contributed by atoms with Crippen molar-refractivity contribution < 1.29 is 5.11 Å². The first kappa shape index (κ1) is 15.6. The van der Waals surface area contributed by atoms with E-state index in [1.165, 1.54) is 0 Å². The van der Waals surface area contributed by atoms with Crippen LogP contribution in [-0.2, 0) is 6.54 Å². The lowest BCUT2D eigenvalue weighted by Gasteiger charge is -2.10. The number of fused-ring (bicyclic) bond motifs is 1. The van der Waals surface area contributed by atoms with Gasteiger partial charge in [0, 0.05) is 28.0 Å². The van der Waals surface area contributed by atoms with E-state index in [1.54, 1.807) is 12.1 Å². The van der Waals surface area contributed by atoms with Crippen LogP contribution in [0.3, 0.4) is 0 Å². The van der Waals surface area contributed by atoms with Crippen LogP contribution in [0.1, 0.15) is 5.56 Å². The topological polar surface area (TPSA) is 48.0 Å². The Kier molecular flexibility index (Phi) is 4.08. The van der Waals surface area contributed by atoms with Gasteiger partial charge in [-0.25, -0.2) is 0 Å². The Hall–Kier alpha value is -2.91. The van der Waals surface area contributed by atoms with Gasteiger partial charge in [-0.2, -0.15) is 0 Å². The summed E-state index contributed by atoms with van der Waals surface area (Å²) in [4.78, 5) is 3.50. The fourth-order valence-corrected chi connectivity index (χ4v) is 3.23. The highest BCUT2D eigenvalue weighted by atomic mass is 35.5. The Labute approximate surface area is 150 Å². The number of hydrogen-bond donors (Lipinski definition) is 3. The van der Waals surface area contributed by atoms with Crippen LogP contribution in [0.5, 0.6) is 5.75 Å². The number of phenolic OH excluding ortho intramolecular Hbond substituents is 1. The molecule has 4 heteroatoms. The molecule has 0 atom stereocenters. The van der Waals surface area contributed by atoms with Crippen molar-refractivity contribution >= 4 is 28.2 Å². The van der Waals surface area contributed by atoms with Crippen molar-refractivity contribution in [2.24, 2.45) is 0 Å². The van der Waals surface area contributed by atoms with E-state index in [4.69, 9.17) is 11.6 Å². The van der Waals surface area contributed by atoms with E-state index in [2.05, 4.69) is 22.4 Å². The summed E-state index contributed by atoms with van der Waals surface area (Å²) >= 11 is 6.21. The van der Waals surface area contributed by atoms with Gasteiger partial charge in [0.1, 0.15) is 5.75 Å². The fraction of sp³-hybridized carbons (Fsp3) is 0.0476. The van der Waals surface area contributed by atoms with Crippen LogP contribution in [-0.4, -0.2) is 10.1 Å². The normalized spacial score (nSPS) is 10.9. The van der Waals surface area contributed by atoms with E-state index in [0.717, 1.165) is 27.7 Å². The van der Waals surface area contributed by atoms with Crippen LogP contribution in [0.15, 0.2) is 72.8 Å². The molecule has 0 amide bonds. The molecule has 0 spiro atoms. The smallest absolute Gasteiger partial charge is 0.138 e. The molecule has 3 nitrogen and oxygen atoms in total. The molecular formula is C21H17ClN2O. The molecule has 3 aromatic carbocycles. The molecule has 0 bridgehead atoms. The number of para-hydroxylation sites is 2. The molecule has 124 valence electrons. The van der Waals surface area contributed by atoms with Gasteiger partial charge in [0.05, 0.1) is 11.4 Å². The zero-order chi connectivity index (χ0) is 17.2. The third kappa shape index (κ3) is 3.06. The van der Waals surface area contributed by atoms with Crippen molar-refractivity contribution in [1.29, 1.82) is 0 Å². The van der Waals surface area contributed by atoms with Crippen LogP contribution >= 0.6 is 11.6 Å². The second kappa shape index (κ2) is 6.54. The molecule has 0 fully saturated rings. The van der Waals surface area contributed by atoms with Crippen molar-refractivity contribution in [3.8, 4) is 17.0 Å². The molecular weight excluding hydrogens is 332 g/mol. The Morgan fingerprint density at radius 2 is 1.68 bits per heavy atom. The summed E-state index contributed by atoms with van der Waals surface area (Å²) < 4.78 is 0. The second-order valence-electron chi connectivity index (χ2n) is 5.91. The lowest BCUT2D eigenvalue weighted by atomic mass is 10.0. The highest BCUT2D eigenvalue weighted by Gasteiger charge is 2.14. The zero-order valence-corrected chi connectivity index (χ0v) is 14.2. The maximum Gasteiger partial charge on any atom is 0.138 e. The number of aromatic amines is 1.